The SMILES string of the molecule is C=C(C)C(CC#CC)CC=O. The Hall–Kier alpha value is -1.03. The van der Waals surface area contributed by atoms with E-state index < -0.39 is 0 Å². The van der Waals surface area contributed by atoms with Gasteiger partial charge in [0.05, 0.1) is 0 Å². The molecule has 0 saturated heterocycles. The van der Waals surface area contributed by atoms with Gasteiger partial charge >= 0.3 is 0 Å². The molecule has 1 heteroatoms. The van der Waals surface area contributed by atoms with E-state index in [9.17, 15) is 4.79 Å². The van der Waals surface area contributed by atoms with E-state index in [-0.39, 0.29) is 5.92 Å². The minimum absolute atomic E-state index is 0.250. The van der Waals surface area contributed by atoms with Crippen molar-refractivity contribution in [3.8, 4) is 11.8 Å². The first-order valence-electron chi connectivity index (χ1n) is 3.71. The van der Waals surface area contributed by atoms with Crippen LogP contribution in [0.3, 0.4) is 0 Å². The Balaban J connectivity index is 3.95. The Morgan fingerprint density at radius 2 is 2.36 bits per heavy atom. The molecule has 1 nitrogen and oxygen atoms in total. The van der Waals surface area contributed by atoms with Gasteiger partial charge in [-0.3, -0.25) is 0 Å². The van der Waals surface area contributed by atoms with Crippen molar-refractivity contribution in [3.63, 3.8) is 0 Å². The van der Waals surface area contributed by atoms with E-state index in [4.69, 9.17) is 0 Å². The third-order valence-electron chi connectivity index (χ3n) is 1.60. The van der Waals surface area contributed by atoms with E-state index in [1.165, 1.54) is 0 Å². The second-order valence-electron chi connectivity index (χ2n) is 2.58. The zero-order chi connectivity index (χ0) is 8.69. The lowest BCUT2D eigenvalue weighted by molar-refractivity contribution is -0.108. The highest BCUT2D eigenvalue weighted by Gasteiger charge is 2.05. The molecule has 0 aliphatic heterocycles. The lowest BCUT2D eigenvalue weighted by Gasteiger charge is -2.08. The number of allylic oxidation sites excluding steroid dienone is 1. The quantitative estimate of drug-likeness (QED) is 0.341. The summed E-state index contributed by atoms with van der Waals surface area (Å²) in [7, 11) is 0. The van der Waals surface area contributed by atoms with Crippen molar-refractivity contribution in [2.45, 2.75) is 26.7 Å². The molecule has 0 heterocycles. The summed E-state index contributed by atoms with van der Waals surface area (Å²) in [5.74, 6) is 6.00. The fourth-order valence-electron chi connectivity index (χ4n) is 0.800. The summed E-state index contributed by atoms with van der Waals surface area (Å²) in [4.78, 5) is 10.2. The molecular weight excluding hydrogens is 136 g/mol. The van der Waals surface area contributed by atoms with Gasteiger partial charge in [-0.05, 0) is 19.8 Å². The lowest BCUT2D eigenvalue weighted by atomic mass is 9.95. The van der Waals surface area contributed by atoms with E-state index >= 15 is 0 Å². The fraction of sp³-hybridized carbons (Fsp3) is 0.500. The first kappa shape index (κ1) is 9.97. The van der Waals surface area contributed by atoms with Crippen LogP contribution in [0, 0.1) is 17.8 Å². The molecule has 0 N–H and O–H groups in total. The van der Waals surface area contributed by atoms with Crippen LogP contribution in [0.4, 0.5) is 0 Å². The van der Waals surface area contributed by atoms with Gasteiger partial charge in [0.15, 0.2) is 0 Å². The smallest absolute Gasteiger partial charge is 0.120 e. The summed E-state index contributed by atoms with van der Waals surface area (Å²) >= 11 is 0. The second kappa shape index (κ2) is 5.73. The van der Waals surface area contributed by atoms with Crippen LogP contribution >= 0.6 is 0 Å². The molecule has 11 heavy (non-hydrogen) atoms. The summed E-state index contributed by atoms with van der Waals surface area (Å²) in [6.07, 6.45) is 2.23. The molecule has 0 radical (unpaired) electrons. The predicted molar refractivity (Wildman–Crippen MR) is 47.1 cm³/mol. The number of carbonyl (C=O) groups excluding carboxylic acids is 1. The minimum atomic E-state index is 0.250. The molecule has 0 aliphatic carbocycles. The maximum atomic E-state index is 10.2. The van der Waals surface area contributed by atoms with Gasteiger partial charge in [-0.25, -0.2) is 0 Å². The van der Waals surface area contributed by atoms with Gasteiger partial charge in [0.2, 0.25) is 0 Å². The van der Waals surface area contributed by atoms with E-state index in [1.807, 2.05) is 6.92 Å². The molecule has 60 valence electrons. The first-order chi connectivity index (χ1) is 5.22. The van der Waals surface area contributed by atoms with Crippen LogP contribution in [-0.2, 0) is 4.79 Å². The van der Waals surface area contributed by atoms with Gasteiger partial charge in [-0.1, -0.05) is 12.2 Å². The molecule has 0 saturated carbocycles. The van der Waals surface area contributed by atoms with Gasteiger partial charge in [-0.2, -0.15) is 0 Å². The van der Waals surface area contributed by atoms with Gasteiger partial charge in [0, 0.05) is 12.8 Å². The van der Waals surface area contributed by atoms with E-state index in [1.54, 1.807) is 6.92 Å². The standard InChI is InChI=1S/C10H14O/c1-4-5-6-10(7-8-11)9(2)3/h8,10H,2,6-7H2,1,3H3. The molecule has 1 unspecified atom stereocenters. The molecule has 0 aliphatic rings. The van der Waals surface area contributed by atoms with Crippen molar-refractivity contribution in [1.82, 2.24) is 0 Å². The van der Waals surface area contributed by atoms with Crippen molar-refractivity contribution in [3.05, 3.63) is 12.2 Å². The molecule has 0 aromatic heterocycles. The zero-order valence-corrected chi connectivity index (χ0v) is 7.18. The highest BCUT2D eigenvalue weighted by molar-refractivity contribution is 5.50. The third-order valence-corrected chi connectivity index (χ3v) is 1.60. The van der Waals surface area contributed by atoms with E-state index in [2.05, 4.69) is 18.4 Å². The van der Waals surface area contributed by atoms with Gasteiger partial charge in [0.1, 0.15) is 6.29 Å². The molecule has 0 fully saturated rings. The topological polar surface area (TPSA) is 17.1 Å². The normalized spacial score (nSPS) is 11.1. The number of carbonyl (C=O) groups is 1. The van der Waals surface area contributed by atoms with Crippen LogP contribution < -0.4 is 0 Å². The summed E-state index contributed by atoms with van der Waals surface area (Å²) in [5, 5.41) is 0. The van der Waals surface area contributed by atoms with Crippen LogP contribution in [-0.4, -0.2) is 6.29 Å². The molecule has 0 spiro atoms. The second-order valence-corrected chi connectivity index (χ2v) is 2.58. The molecule has 0 amide bonds. The fourth-order valence-corrected chi connectivity index (χ4v) is 0.800. The van der Waals surface area contributed by atoms with Crippen molar-refractivity contribution in [2.24, 2.45) is 5.92 Å². The maximum Gasteiger partial charge on any atom is 0.120 e. The summed E-state index contributed by atoms with van der Waals surface area (Å²) in [6.45, 7) is 7.54. The van der Waals surface area contributed by atoms with Crippen LogP contribution in [0.5, 0.6) is 0 Å². The summed E-state index contributed by atoms with van der Waals surface area (Å²) in [6, 6.07) is 0. The van der Waals surface area contributed by atoms with Crippen molar-refractivity contribution < 1.29 is 4.79 Å². The zero-order valence-electron chi connectivity index (χ0n) is 7.18. The van der Waals surface area contributed by atoms with Crippen LogP contribution in [0.25, 0.3) is 0 Å². The number of hydrogen-bond acceptors (Lipinski definition) is 1. The van der Waals surface area contributed by atoms with Gasteiger partial charge < -0.3 is 4.79 Å². The highest BCUT2D eigenvalue weighted by Crippen LogP contribution is 2.14. The number of rotatable bonds is 4. The Labute approximate surface area is 68.5 Å². The minimum Gasteiger partial charge on any atom is -0.303 e. The molecular formula is C10H14O. The molecule has 0 aromatic carbocycles. The third kappa shape index (κ3) is 4.38. The van der Waals surface area contributed by atoms with Crippen molar-refractivity contribution in [1.29, 1.82) is 0 Å². The van der Waals surface area contributed by atoms with Gasteiger partial charge in [-0.15, -0.1) is 11.8 Å². The summed E-state index contributed by atoms with van der Waals surface area (Å²) < 4.78 is 0. The number of aldehydes is 1. The van der Waals surface area contributed by atoms with Crippen LogP contribution in [0.2, 0.25) is 0 Å². The molecule has 0 bridgehead atoms. The largest absolute Gasteiger partial charge is 0.303 e. The van der Waals surface area contributed by atoms with Crippen molar-refractivity contribution in [2.75, 3.05) is 0 Å². The van der Waals surface area contributed by atoms with Crippen LogP contribution in [0.1, 0.15) is 26.7 Å². The first-order valence-corrected chi connectivity index (χ1v) is 3.71. The average Bonchev–Trinajstić information content (AvgIpc) is 1.97. The molecule has 0 rings (SSSR count). The van der Waals surface area contributed by atoms with E-state index in [0.29, 0.717) is 6.42 Å². The monoisotopic (exact) mass is 150 g/mol. The molecule has 0 aromatic rings. The lowest BCUT2D eigenvalue weighted by Crippen LogP contribution is -2.00. The Bertz CT molecular complexity index is 193. The van der Waals surface area contributed by atoms with E-state index in [0.717, 1.165) is 18.3 Å². The van der Waals surface area contributed by atoms with Crippen LogP contribution in [0.15, 0.2) is 12.2 Å². The Morgan fingerprint density at radius 1 is 1.73 bits per heavy atom. The van der Waals surface area contributed by atoms with Crippen molar-refractivity contribution >= 4 is 6.29 Å². The Kier molecular flexibility index (Phi) is 5.20. The Morgan fingerprint density at radius 3 is 2.73 bits per heavy atom. The highest BCUT2D eigenvalue weighted by atomic mass is 16.1. The molecule has 1 atom stereocenters. The summed E-state index contributed by atoms with van der Waals surface area (Å²) in [5.41, 5.74) is 1.04. The van der Waals surface area contributed by atoms with Gasteiger partial charge in [0.25, 0.3) is 0 Å². The number of hydrogen-bond donors (Lipinski definition) is 0. The maximum absolute atomic E-state index is 10.2. The predicted octanol–water partition coefficient (Wildman–Crippen LogP) is 2.18. The average molecular weight is 150 g/mol.